The molecule has 0 fully saturated rings. The summed E-state index contributed by atoms with van der Waals surface area (Å²) >= 11 is 0. The van der Waals surface area contributed by atoms with E-state index in [1.54, 1.807) is 6.21 Å². The predicted molar refractivity (Wildman–Crippen MR) is 68.5 cm³/mol. The maximum Gasteiger partial charge on any atom is 0.0269 e. The molecule has 0 unspecified atom stereocenters. The minimum Gasteiger partial charge on any atom is -0.269 e. The SMILES string of the molecule is C/C=N\C=C/c1cc(C(C)C)ccc1C. The molecule has 0 aliphatic heterocycles. The summed E-state index contributed by atoms with van der Waals surface area (Å²) < 4.78 is 0. The number of aryl methyl sites for hydroxylation is 1. The third-order valence-corrected chi connectivity index (χ3v) is 2.46. The summed E-state index contributed by atoms with van der Waals surface area (Å²) in [6.07, 6.45) is 5.69. The van der Waals surface area contributed by atoms with Gasteiger partial charge in [-0.1, -0.05) is 32.0 Å². The second-order valence-corrected chi connectivity index (χ2v) is 3.99. The molecule has 0 heterocycles. The van der Waals surface area contributed by atoms with Crippen LogP contribution in [0, 0.1) is 6.92 Å². The molecule has 0 aromatic heterocycles. The number of benzene rings is 1. The van der Waals surface area contributed by atoms with E-state index in [4.69, 9.17) is 0 Å². The zero-order valence-corrected chi connectivity index (χ0v) is 9.99. The Hall–Kier alpha value is -1.37. The topological polar surface area (TPSA) is 12.4 Å². The molecule has 0 aliphatic rings. The Morgan fingerprint density at radius 1 is 1.27 bits per heavy atom. The molecule has 15 heavy (non-hydrogen) atoms. The Labute approximate surface area is 92.6 Å². The first-order chi connectivity index (χ1) is 7.15. The van der Waals surface area contributed by atoms with Crippen molar-refractivity contribution in [2.75, 3.05) is 0 Å². The lowest BCUT2D eigenvalue weighted by Gasteiger charge is -2.08. The van der Waals surface area contributed by atoms with E-state index in [0.29, 0.717) is 5.92 Å². The molecular formula is C14H19N. The predicted octanol–water partition coefficient (Wildman–Crippen LogP) is 4.18. The second-order valence-electron chi connectivity index (χ2n) is 3.99. The summed E-state index contributed by atoms with van der Waals surface area (Å²) in [5, 5.41) is 0. The van der Waals surface area contributed by atoms with Crippen LogP contribution in [0.3, 0.4) is 0 Å². The van der Waals surface area contributed by atoms with Crippen LogP contribution in [0.2, 0.25) is 0 Å². The number of hydrogen-bond donors (Lipinski definition) is 0. The molecule has 1 heteroatoms. The van der Waals surface area contributed by atoms with Crippen molar-refractivity contribution >= 4 is 12.3 Å². The fourth-order valence-electron chi connectivity index (χ4n) is 1.41. The van der Waals surface area contributed by atoms with Gasteiger partial charge >= 0.3 is 0 Å². The summed E-state index contributed by atoms with van der Waals surface area (Å²) in [7, 11) is 0. The van der Waals surface area contributed by atoms with E-state index in [9.17, 15) is 0 Å². The zero-order chi connectivity index (χ0) is 11.3. The van der Waals surface area contributed by atoms with Crippen molar-refractivity contribution in [3.8, 4) is 0 Å². The highest BCUT2D eigenvalue weighted by molar-refractivity contribution is 5.59. The molecule has 1 rings (SSSR count). The minimum atomic E-state index is 0.576. The third-order valence-electron chi connectivity index (χ3n) is 2.46. The number of aliphatic imine (C=N–C) groups is 1. The molecule has 0 radical (unpaired) electrons. The van der Waals surface area contributed by atoms with Crippen LogP contribution in [-0.4, -0.2) is 6.21 Å². The van der Waals surface area contributed by atoms with Crippen molar-refractivity contribution in [2.24, 2.45) is 4.99 Å². The van der Waals surface area contributed by atoms with Crippen molar-refractivity contribution in [1.29, 1.82) is 0 Å². The Kier molecular flexibility index (Phi) is 4.29. The molecule has 1 aromatic rings. The lowest BCUT2D eigenvalue weighted by Crippen LogP contribution is -1.89. The van der Waals surface area contributed by atoms with Crippen LogP contribution < -0.4 is 0 Å². The molecule has 0 saturated heterocycles. The minimum absolute atomic E-state index is 0.576. The van der Waals surface area contributed by atoms with Crippen LogP contribution in [0.1, 0.15) is 43.4 Å². The molecule has 0 spiro atoms. The van der Waals surface area contributed by atoms with Gasteiger partial charge in [0.05, 0.1) is 0 Å². The van der Waals surface area contributed by atoms with Gasteiger partial charge in [-0.2, -0.15) is 0 Å². The fourth-order valence-corrected chi connectivity index (χ4v) is 1.41. The van der Waals surface area contributed by atoms with Gasteiger partial charge in [-0.15, -0.1) is 0 Å². The van der Waals surface area contributed by atoms with Crippen molar-refractivity contribution in [3.63, 3.8) is 0 Å². The van der Waals surface area contributed by atoms with Crippen LogP contribution in [0.15, 0.2) is 29.4 Å². The zero-order valence-electron chi connectivity index (χ0n) is 9.99. The van der Waals surface area contributed by atoms with Crippen molar-refractivity contribution in [2.45, 2.75) is 33.6 Å². The average molecular weight is 201 g/mol. The van der Waals surface area contributed by atoms with Gasteiger partial charge in [-0.05, 0) is 42.5 Å². The van der Waals surface area contributed by atoms with Crippen molar-refractivity contribution < 1.29 is 0 Å². The monoisotopic (exact) mass is 201 g/mol. The first kappa shape index (κ1) is 11.7. The molecule has 0 atom stereocenters. The van der Waals surface area contributed by atoms with E-state index in [1.165, 1.54) is 16.7 Å². The van der Waals surface area contributed by atoms with Crippen molar-refractivity contribution in [1.82, 2.24) is 0 Å². The Bertz CT molecular complexity index is 373. The van der Waals surface area contributed by atoms with Gasteiger partial charge in [0.1, 0.15) is 0 Å². The highest BCUT2D eigenvalue weighted by atomic mass is 14.6. The fraction of sp³-hybridized carbons (Fsp3) is 0.357. The highest BCUT2D eigenvalue weighted by Gasteiger charge is 2.00. The molecule has 0 bridgehead atoms. The molecule has 1 aromatic carbocycles. The van der Waals surface area contributed by atoms with E-state index < -0.39 is 0 Å². The summed E-state index contributed by atoms with van der Waals surface area (Å²) in [6, 6.07) is 6.60. The van der Waals surface area contributed by atoms with Gasteiger partial charge in [0.25, 0.3) is 0 Å². The van der Waals surface area contributed by atoms with Crippen LogP contribution in [0.5, 0.6) is 0 Å². The lowest BCUT2D eigenvalue weighted by molar-refractivity contribution is 0.865. The number of rotatable bonds is 3. The van der Waals surface area contributed by atoms with E-state index in [2.05, 4.69) is 50.0 Å². The molecular weight excluding hydrogens is 182 g/mol. The van der Waals surface area contributed by atoms with Crippen molar-refractivity contribution in [3.05, 3.63) is 41.1 Å². The van der Waals surface area contributed by atoms with Gasteiger partial charge in [-0.25, -0.2) is 0 Å². The summed E-state index contributed by atoms with van der Waals surface area (Å²) in [5.74, 6) is 0.576. The van der Waals surface area contributed by atoms with Crippen LogP contribution in [-0.2, 0) is 0 Å². The summed E-state index contributed by atoms with van der Waals surface area (Å²) in [4.78, 5) is 4.08. The van der Waals surface area contributed by atoms with Gasteiger partial charge in [0, 0.05) is 12.4 Å². The van der Waals surface area contributed by atoms with Gasteiger partial charge in [0.2, 0.25) is 0 Å². The van der Waals surface area contributed by atoms with Gasteiger partial charge in [0.15, 0.2) is 0 Å². The smallest absolute Gasteiger partial charge is 0.0269 e. The van der Waals surface area contributed by atoms with Gasteiger partial charge in [-0.3, -0.25) is 4.99 Å². The largest absolute Gasteiger partial charge is 0.269 e. The van der Waals surface area contributed by atoms with E-state index >= 15 is 0 Å². The quantitative estimate of drug-likeness (QED) is 0.650. The Balaban J connectivity index is 3.00. The number of hydrogen-bond acceptors (Lipinski definition) is 1. The van der Waals surface area contributed by atoms with Crippen LogP contribution in [0.4, 0.5) is 0 Å². The molecule has 0 saturated carbocycles. The first-order valence-electron chi connectivity index (χ1n) is 5.40. The summed E-state index contributed by atoms with van der Waals surface area (Å²) in [5.41, 5.74) is 3.93. The van der Waals surface area contributed by atoms with E-state index in [1.807, 2.05) is 13.1 Å². The normalized spacial score (nSPS) is 12.1. The molecule has 0 aliphatic carbocycles. The first-order valence-corrected chi connectivity index (χ1v) is 5.40. The maximum absolute atomic E-state index is 4.08. The van der Waals surface area contributed by atoms with Crippen LogP contribution in [0.25, 0.3) is 6.08 Å². The van der Waals surface area contributed by atoms with Crippen LogP contribution >= 0.6 is 0 Å². The highest BCUT2D eigenvalue weighted by Crippen LogP contribution is 2.19. The van der Waals surface area contributed by atoms with E-state index in [-0.39, 0.29) is 0 Å². The Morgan fingerprint density at radius 3 is 2.60 bits per heavy atom. The molecule has 0 N–H and O–H groups in total. The third kappa shape index (κ3) is 3.35. The summed E-state index contributed by atoms with van der Waals surface area (Å²) in [6.45, 7) is 8.46. The van der Waals surface area contributed by atoms with E-state index in [0.717, 1.165) is 0 Å². The molecule has 0 amide bonds. The van der Waals surface area contributed by atoms with Gasteiger partial charge < -0.3 is 0 Å². The standard InChI is InChI=1S/C14H19N/c1-5-15-9-8-14-10-13(11(2)3)7-6-12(14)4/h5-11H,1-4H3/b9-8-,15-5-. The maximum atomic E-state index is 4.08. The number of nitrogens with zero attached hydrogens (tertiary/aromatic N) is 1. The Morgan fingerprint density at radius 2 is 2.00 bits per heavy atom. The molecule has 80 valence electrons. The lowest BCUT2D eigenvalue weighted by atomic mass is 9.98. The second kappa shape index (κ2) is 5.50. The average Bonchev–Trinajstić information content (AvgIpc) is 2.20. The molecule has 1 nitrogen and oxygen atoms in total.